The van der Waals surface area contributed by atoms with Crippen molar-refractivity contribution in [1.29, 1.82) is 0 Å². The fourth-order valence-electron chi connectivity index (χ4n) is 3.90. The number of carbonyl (C=O) groups excluding carboxylic acids is 2. The van der Waals surface area contributed by atoms with Gasteiger partial charge in [0.15, 0.2) is 10.8 Å². The number of thiazole rings is 1. The number of ether oxygens (including phenoxy) is 1. The lowest BCUT2D eigenvalue weighted by Crippen LogP contribution is -2.39. The first-order valence-corrected chi connectivity index (χ1v) is 11.4. The first-order valence-electron chi connectivity index (χ1n) is 9.76. The summed E-state index contributed by atoms with van der Waals surface area (Å²) in [6, 6.07) is 3.42. The predicted molar refractivity (Wildman–Crippen MR) is 118 cm³/mol. The normalized spacial score (nSPS) is 20.4. The summed E-state index contributed by atoms with van der Waals surface area (Å²) in [6.07, 6.45) is 2.14. The van der Waals surface area contributed by atoms with Gasteiger partial charge in [0, 0.05) is 41.6 Å². The van der Waals surface area contributed by atoms with Crippen LogP contribution in [0.25, 0.3) is 0 Å². The molecule has 1 amide bonds. The molecule has 1 aromatic heterocycles. The fourth-order valence-corrected chi connectivity index (χ4v) is 5.11. The molecule has 1 N–H and O–H groups in total. The summed E-state index contributed by atoms with van der Waals surface area (Å²) in [5.41, 5.74) is 1.77. The highest BCUT2D eigenvalue weighted by Gasteiger charge is 2.42. The molecular formula is C21H20BrFN4O3S. The van der Waals surface area contributed by atoms with Crippen LogP contribution < -0.4 is 5.32 Å². The molecule has 1 aromatic carbocycles. The third-order valence-electron chi connectivity index (χ3n) is 5.04. The Labute approximate surface area is 191 Å². The van der Waals surface area contributed by atoms with E-state index in [1.807, 2.05) is 10.3 Å². The number of esters is 1. The number of hydrogen-bond donors (Lipinski definition) is 1. The van der Waals surface area contributed by atoms with Gasteiger partial charge in [-0.3, -0.25) is 9.79 Å². The molecule has 10 heteroatoms. The second kappa shape index (κ2) is 8.88. The Kier molecular flexibility index (Phi) is 6.19. The third-order valence-corrected chi connectivity index (χ3v) is 6.50. The molecule has 0 saturated carbocycles. The number of fused-ring (bicyclic) bond motifs is 1. The molecule has 0 aliphatic carbocycles. The van der Waals surface area contributed by atoms with Gasteiger partial charge in [-0.2, -0.15) is 0 Å². The van der Waals surface area contributed by atoms with Crippen LogP contribution in [0, 0.1) is 5.82 Å². The maximum absolute atomic E-state index is 13.8. The summed E-state index contributed by atoms with van der Waals surface area (Å²) >= 11 is 4.85. The van der Waals surface area contributed by atoms with Crippen LogP contribution in [-0.2, 0) is 14.3 Å². The van der Waals surface area contributed by atoms with Crippen LogP contribution in [0.3, 0.4) is 0 Å². The highest BCUT2D eigenvalue weighted by molar-refractivity contribution is 9.10. The maximum atomic E-state index is 13.8. The standard InChI is InChI=1S/C21H20BrFN4O3S/c1-3-30-21(29)17-16-9-13(25-11(2)28)10-27(16)19(20-24-6-7-31-20)26-18(17)14-5-4-12(23)8-15(14)22/h4-8,13,18H,3,9-10H2,1-2H3,(H,25,28)/t13?,18-/m0/s1. The number of carbonyl (C=O) groups is 2. The zero-order chi connectivity index (χ0) is 22.1. The summed E-state index contributed by atoms with van der Waals surface area (Å²) < 4.78 is 19.6. The predicted octanol–water partition coefficient (Wildman–Crippen LogP) is 3.57. The quantitative estimate of drug-likeness (QED) is 0.626. The minimum atomic E-state index is -0.699. The van der Waals surface area contributed by atoms with E-state index in [0.29, 0.717) is 39.4 Å². The number of nitrogens with one attached hydrogen (secondary N) is 1. The lowest BCUT2D eigenvalue weighted by atomic mass is 9.94. The molecule has 0 bridgehead atoms. The zero-order valence-electron chi connectivity index (χ0n) is 16.9. The van der Waals surface area contributed by atoms with Crippen LogP contribution in [0.15, 0.2) is 50.5 Å². The average Bonchev–Trinajstić information content (AvgIpc) is 3.36. The van der Waals surface area contributed by atoms with Crippen molar-refractivity contribution in [2.24, 2.45) is 4.99 Å². The number of hydrogen-bond acceptors (Lipinski definition) is 7. The Hall–Kier alpha value is -2.59. The van der Waals surface area contributed by atoms with E-state index in [9.17, 15) is 14.0 Å². The molecule has 1 fully saturated rings. The Balaban J connectivity index is 1.89. The largest absolute Gasteiger partial charge is 0.463 e. The molecule has 2 aliphatic rings. The van der Waals surface area contributed by atoms with Gasteiger partial charge < -0.3 is 15.0 Å². The highest BCUT2D eigenvalue weighted by Crippen LogP contribution is 2.42. The van der Waals surface area contributed by atoms with E-state index in [-0.39, 0.29) is 18.6 Å². The average molecular weight is 507 g/mol. The summed E-state index contributed by atoms with van der Waals surface area (Å²) in [5.74, 6) is -0.399. The number of aromatic nitrogens is 1. The van der Waals surface area contributed by atoms with Crippen LogP contribution in [0.1, 0.15) is 36.9 Å². The lowest BCUT2D eigenvalue weighted by molar-refractivity contribution is -0.139. The molecule has 0 spiro atoms. The zero-order valence-corrected chi connectivity index (χ0v) is 19.3. The molecule has 0 radical (unpaired) electrons. The van der Waals surface area contributed by atoms with Crippen LogP contribution in [-0.4, -0.2) is 46.8 Å². The molecule has 2 aliphatic heterocycles. The van der Waals surface area contributed by atoms with Crippen molar-refractivity contribution in [2.45, 2.75) is 32.4 Å². The van der Waals surface area contributed by atoms with E-state index in [4.69, 9.17) is 9.73 Å². The van der Waals surface area contributed by atoms with Crippen molar-refractivity contribution < 1.29 is 18.7 Å². The number of benzene rings is 1. The van der Waals surface area contributed by atoms with Gasteiger partial charge in [-0.05, 0) is 24.6 Å². The number of amidine groups is 1. The number of halogens is 2. The smallest absolute Gasteiger partial charge is 0.338 e. The van der Waals surface area contributed by atoms with Crippen LogP contribution in [0.2, 0.25) is 0 Å². The minimum absolute atomic E-state index is 0.145. The lowest BCUT2D eigenvalue weighted by Gasteiger charge is -2.31. The fraction of sp³-hybridized carbons (Fsp3) is 0.333. The molecular weight excluding hydrogens is 487 g/mol. The second-order valence-corrected chi connectivity index (χ2v) is 8.90. The molecule has 7 nitrogen and oxygen atoms in total. The van der Waals surface area contributed by atoms with Crippen molar-refractivity contribution in [2.75, 3.05) is 13.2 Å². The van der Waals surface area contributed by atoms with Crippen molar-refractivity contribution in [3.8, 4) is 0 Å². The molecule has 1 saturated heterocycles. The van der Waals surface area contributed by atoms with Gasteiger partial charge in [0.25, 0.3) is 0 Å². The Morgan fingerprint density at radius 3 is 2.87 bits per heavy atom. The van der Waals surface area contributed by atoms with Gasteiger partial charge in [-0.1, -0.05) is 22.0 Å². The van der Waals surface area contributed by atoms with Crippen LogP contribution in [0.5, 0.6) is 0 Å². The number of amides is 1. The van der Waals surface area contributed by atoms with Crippen molar-refractivity contribution in [3.05, 3.63) is 61.9 Å². The van der Waals surface area contributed by atoms with Crippen molar-refractivity contribution in [3.63, 3.8) is 0 Å². The summed E-state index contributed by atoms with van der Waals surface area (Å²) in [4.78, 5) is 36.0. The number of nitrogens with zero attached hydrogens (tertiary/aromatic N) is 3. The first-order chi connectivity index (χ1) is 14.9. The van der Waals surface area contributed by atoms with Gasteiger partial charge in [-0.15, -0.1) is 11.3 Å². The minimum Gasteiger partial charge on any atom is -0.463 e. The van der Waals surface area contributed by atoms with Gasteiger partial charge in [0.2, 0.25) is 5.91 Å². The summed E-state index contributed by atoms with van der Waals surface area (Å²) in [6.45, 7) is 3.89. The van der Waals surface area contributed by atoms with Gasteiger partial charge in [-0.25, -0.2) is 14.2 Å². The highest BCUT2D eigenvalue weighted by atomic mass is 79.9. The molecule has 1 unspecified atom stereocenters. The number of aliphatic imine (C=N–C) groups is 1. The topological polar surface area (TPSA) is 83.9 Å². The monoisotopic (exact) mass is 506 g/mol. The van der Waals surface area contributed by atoms with Crippen LogP contribution in [0.4, 0.5) is 4.39 Å². The van der Waals surface area contributed by atoms with Gasteiger partial charge in [0.1, 0.15) is 11.9 Å². The third kappa shape index (κ3) is 4.27. The molecule has 31 heavy (non-hydrogen) atoms. The van der Waals surface area contributed by atoms with E-state index in [1.54, 1.807) is 19.2 Å². The first kappa shape index (κ1) is 21.6. The molecule has 4 rings (SSSR count). The molecule has 2 aromatic rings. The van der Waals surface area contributed by atoms with Crippen LogP contribution >= 0.6 is 27.3 Å². The van der Waals surface area contributed by atoms with E-state index >= 15 is 0 Å². The van der Waals surface area contributed by atoms with Gasteiger partial charge in [0.05, 0.1) is 18.2 Å². The second-order valence-electron chi connectivity index (χ2n) is 7.15. The van der Waals surface area contributed by atoms with Gasteiger partial charge >= 0.3 is 5.97 Å². The molecule has 3 heterocycles. The Bertz CT molecular complexity index is 1090. The Morgan fingerprint density at radius 1 is 1.42 bits per heavy atom. The van der Waals surface area contributed by atoms with Crippen molar-refractivity contribution >= 4 is 45.0 Å². The van der Waals surface area contributed by atoms with E-state index in [0.717, 1.165) is 5.70 Å². The molecule has 2 atom stereocenters. The number of rotatable bonds is 5. The SMILES string of the molecule is CCOC(=O)C1=C2CC(NC(C)=O)CN2C(c2nccs2)=N[C@H]1c1ccc(F)cc1Br. The van der Waals surface area contributed by atoms with E-state index in [1.165, 1.54) is 30.4 Å². The summed E-state index contributed by atoms with van der Waals surface area (Å²) in [7, 11) is 0. The Morgan fingerprint density at radius 2 is 2.23 bits per heavy atom. The van der Waals surface area contributed by atoms with Crippen molar-refractivity contribution in [1.82, 2.24) is 15.2 Å². The molecule has 162 valence electrons. The van der Waals surface area contributed by atoms with E-state index < -0.39 is 17.8 Å². The summed E-state index contributed by atoms with van der Waals surface area (Å²) in [5, 5.41) is 5.49. The maximum Gasteiger partial charge on any atom is 0.338 e. The van der Waals surface area contributed by atoms with E-state index in [2.05, 4.69) is 26.2 Å².